The normalized spacial score (nSPS) is 12.4. The maximum atomic E-state index is 13.8. The molecule has 7 heteroatoms. The molecule has 0 unspecified atom stereocenters. The first-order valence-corrected chi connectivity index (χ1v) is 7.08. The van der Waals surface area contributed by atoms with Gasteiger partial charge in [-0.05, 0) is 27.1 Å². The topological polar surface area (TPSA) is 63.1 Å². The standard InChI is InChI=1S/C15H20FN5O/c1-11(12-6-4-5-7-13(12)16)21-10-14(18-19-21)15(22)17-8-9-20(2)3/h4-7,10-11H,8-9H2,1-3H3,(H,17,22)/t11-/m0/s1. The van der Waals surface area contributed by atoms with Gasteiger partial charge in [0.2, 0.25) is 0 Å². The zero-order chi connectivity index (χ0) is 16.1. The van der Waals surface area contributed by atoms with Crippen molar-refractivity contribution < 1.29 is 9.18 Å². The summed E-state index contributed by atoms with van der Waals surface area (Å²) in [5.74, 6) is -0.587. The Hall–Kier alpha value is -2.28. The second-order valence-corrected chi connectivity index (χ2v) is 5.34. The quantitative estimate of drug-likeness (QED) is 0.874. The number of nitrogens with zero attached hydrogens (tertiary/aromatic N) is 4. The molecule has 6 nitrogen and oxygen atoms in total. The smallest absolute Gasteiger partial charge is 0.273 e. The Morgan fingerprint density at radius 3 is 2.82 bits per heavy atom. The van der Waals surface area contributed by atoms with Crippen LogP contribution in [0.5, 0.6) is 0 Å². The van der Waals surface area contributed by atoms with E-state index in [0.717, 1.165) is 6.54 Å². The Labute approximate surface area is 128 Å². The van der Waals surface area contributed by atoms with Crippen molar-refractivity contribution >= 4 is 5.91 Å². The Kier molecular flexibility index (Phi) is 5.21. The van der Waals surface area contributed by atoms with Gasteiger partial charge in [0, 0.05) is 18.7 Å². The first kappa shape index (κ1) is 16.1. The van der Waals surface area contributed by atoms with Crippen LogP contribution in [-0.2, 0) is 0 Å². The van der Waals surface area contributed by atoms with Crippen molar-refractivity contribution in [2.24, 2.45) is 0 Å². The van der Waals surface area contributed by atoms with Crippen LogP contribution < -0.4 is 5.32 Å². The maximum Gasteiger partial charge on any atom is 0.273 e. The van der Waals surface area contributed by atoms with E-state index in [4.69, 9.17) is 0 Å². The average Bonchev–Trinajstić information content (AvgIpc) is 2.96. The molecule has 0 spiro atoms. The SMILES string of the molecule is C[C@@H](c1ccccc1F)n1cc(C(=O)NCCN(C)C)nn1. The molecule has 0 aliphatic carbocycles. The molecule has 0 aliphatic heterocycles. The largest absolute Gasteiger partial charge is 0.349 e. The molecule has 0 saturated heterocycles. The number of rotatable bonds is 6. The fourth-order valence-electron chi connectivity index (χ4n) is 2.01. The van der Waals surface area contributed by atoms with Gasteiger partial charge in [-0.25, -0.2) is 9.07 Å². The number of carbonyl (C=O) groups excluding carboxylic acids is 1. The molecule has 2 aromatic rings. The number of hydrogen-bond donors (Lipinski definition) is 1. The lowest BCUT2D eigenvalue weighted by atomic mass is 10.1. The second kappa shape index (κ2) is 7.13. The molecule has 22 heavy (non-hydrogen) atoms. The summed E-state index contributed by atoms with van der Waals surface area (Å²) in [6.45, 7) is 3.08. The molecular weight excluding hydrogens is 285 g/mol. The number of amides is 1. The molecule has 1 aromatic carbocycles. The predicted molar refractivity (Wildman–Crippen MR) is 81.1 cm³/mol. The lowest BCUT2D eigenvalue weighted by molar-refractivity contribution is 0.0946. The monoisotopic (exact) mass is 305 g/mol. The fraction of sp³-hybridized carbons (Fsp3) is 0.400. The Morgan fingerprint density at radius 2 is 2.14 bits per heavy atom. The Balaban J connectivity index is 2.05. The van der Waals surface area contributed by atoms with Gasteiger partial charge in [0.1, 0.15) is 5.82 Å². The maximum absolute atomic E-state index is 13.8. The van der Waals surface area contributed by atoms with Crippen molar-refractivity contribution in [3.05, 3.63) is 47.5 Å². The third-order valence-corrected chi connectivity index (χ3v) is 3.34. The lowest BCUT2D eigenvalue weighted by Crippen LogP contribution is -2.31. The van der Waals surface area contributed by atoms with Crippen LogP contribution >= 0.6 is 0 Å². The summed E-state index contributed by atoms with van der Waals surface area (Å²) in [6, 6.07) is 6.16. The molecule has 0 saturated carbocycles. The van der Waals surface area contributed by atoms with Crippen molar-refractivity contribution in [2.45, 2.75) is 13.0 Å². The summed E-state index contributed by atoms with van der Waals surface area (Å²) in [5, 5.41) is 10.5. The van der Waals surface area contributed by atoms with E-state index in [1.165, 1.54) is 16.9 Å². The predicted octanol–water partition coefficient (Wildman–Crippen LogP) is 1.32. The van der Waals surface area contributed by atoms with E-state index < -0.39 is 0 Å². The third kappa shape index (κ3) is 3.88. The summed E-state index contributed by atoms with van der Waals surface area (Å²) in [5.41, 5.74) is 0.730. The van der Waals surface area contributed by atoms with Gasteiger partial charge in [0.15, 0.2) is 5.69 Å². The van der Waals surface area contributed by atoms with Gasteiger partial charge in [-0.1, -0.05) is 23.4 Å². The van der Waals surface area contributed by atoms with E-state index in [1.807, 2.05) is 19.0 Å². The molecule has 1 heterocycles. The van der Waals surface area contributed by atoms with Crippen LogP contribution in [-0.4, -0.2) is 53.0 Å². The molecule has 2 rings (SSSR count). The van der Waals surface area contributed by atoms with Gasteiger partial charge >= 0.3 is 0 Å². The number of likely N-dealkylation sites (N-methyl/N-ethyl adjacent to an activating group) is 1. The van der Waals surface area contributed by atoms with Gasteiger partial charge < -0.3 is 10.2 Å². The highest BCUT2D eigenvalue weighted by molar-refractivity contribution is 5.91. The van der Waals surface area contributed by atoms with Crippen LogP contribution in [0.2, 0.25) is 0 Å². The van der Waals surface area contributed by atoms with E-state index in [1.54, 1.807) is 25.1 Å². The van der Waals surface area contributed by atoms with Crippen LogP contribution in [0.3, 0.4) is 0 Å². The summed E-state index contributed by atoms with van der Waals surface area (Å²) >= 11 is 0. The zero-order valence-corrected chi connectivity index (χ0v) is 13.0. The van der Waals surface area contributed by atoms with Crippen LogP contribution in [0.15, 0.2) is 30.5 Å². The van der Waals surface area contributed by atoms with Crippen molar-refractivity contribution in [1.82, 2.24) is 25.2 Å². The van der Waals surface area contributed by atoms with Crippen molar-refractivity contribution in [3.8, 4) is 0 Å². The van der Waals surface area contributed by atoms with Crippen LogP contribution in [0, 0.1) is 5.82 Å². The highest BCUT2D eigenvalue weighted by Gasteiger charge is 2.16. The third-order valence-electron chi connectivity index (χ3n) is 3.34. The zero-order valence-electron chi connectivity index (χ0n) is 13.0. The number of hydrogen-bond acceptors (Lipinski definition) is 4. The molecule has 1 amide bonds. The van der Waals surface area contributed by atoms with Crippen molar-refractivity contribution in [2.75, 3.05) is 27.2 Å². The summed E-state index contributed by atoms with van der Waals surface area (Å²) in [4.78, 5) is 13.9. The van der Waals surface area contributed by atoms with E-state index in [-0.39, 0.29) is 23.5 Å². The highest BCUT2D eigenvalue weighted by Crippen LogP contribution is 2.19. The van der Waals surface area contributed by atoms with E-state index in [2.05, 4.69) is 15.6 Å². The molecule has 0 aliphatic rings. The molecule has 0 fully saturated rings. The number of halogens is 1. The minimum atomic E-state index is -0.336. The van der Waals surface area contributed by atoms with Crippen LogP contribution in [0.1, 0.15) is 29.0 Å². The molecule has 1 N–H and O–H groups in total. The van der Waals surface area contributed by atoms with E-state index >= 15 is 0 Å². The Bertz CT molecular complexity index is 640. The van der Waals surface area contributed by atoms with E-state index in [0.29, 0.717) is 12.1 Å². The number of nitrogens with one attached hydrogen (secondary N) is 1. The number of benzene rings is 1. The lowest BCUT2D eigenvalue weighted by Gasteiger charge is -2.12. The first-order valence-electron chi connectivity index (χ1n) is 7.08. The van der Waals surface area contributed by atoms with E-state index in [9.17, 15) is 9.18 Å². The number of aromatic nitrogens is 3. The van der Waals surface area contributed by atoms with Gasteiger partial charge in [-0.15, -0.1) is 5.10 Å². The van der Waals surface area contributed by atoms with Gasteiger partial charge in [-0.3, -0.25) is 4.79 Å². The molecule has 0 bridgehead atoms. The van der Waals surface area contributed by atoms with Gasteiger partial charge in [0.25, 0.3) is 5.91 Å². The summed E-state index contributed by atoms with van der Waals surface area (Å²) in [7, 11) is 3.86. The highest BCUT2D eigenvalue weighted by atomic mass is 19.1. The minimum Gasteiger partial charge on any atom is -0.349 e. The van der Waals surface area contributed by atoms with Gasteiger partial charge in [-0.2, -0.15) is 0 Å². The van der Waals surface area contributed by atoms with Crippen molar-refractivity contribution in [3.63, 3.8) is 0 Å². The molecular formula is C15H20FN5O. The second-order valence-electron chi connectivity index (χ2n) is 5.34. The first-order chi connectivity index (χ1) is 10.5. The molecule has 1 atom stereocenters. The van der Waals surface area contributed by atoms with Crippen molar-refractivity contribution in [1.29, 1.82) is 0 Å². The number of carbonyl (C=O) groups is 1. The summed E-state index contributed by atoms with van der Waals surface area (Å²) in [6.07, 6.45) is 1.53. The fourth-order valence-corrected chi connectivity index (χ4v) is 2.01. The van der Waals surface area contributed by atoms with Crippen LogP contribution in [0.25, 0.3) is 0 Å². The molecule has 118 valence electrons. The molecule has 0 radical (unpaired) electrons. The minimum absolute atomic E-state index is 0.224. The average molecular weight is 305 g/mol. The van der Waals surface area contributed by atoms with Gasteiger partial charge in [0.05, 0.1) is 12.2 Å². The summed E-state index contributed by atoms with van der Waals surface area (Å²) < 4.78 is 15.3. The Morgan fingerprint density at radius 1 is 1.41 bits per heavy atom. The molecule has 1 aromatic heterocycles. The van der Waals surface area contributed by atoms with Crippen LogP contribution in [0.4, 0.5) is 4.39 Å².